The van der Waals surface area contributed by atoms with E-state index in [1.54, 1.807) is 43.0 Å². The van der Waals surface area contributed by atoms with E-state index in [9.17, 15) is 9.00 Å². The predicted molar refractivity (Wildman–Crippen MR) is 96.1 cm³/mol. The molecule has 1 aliphatic carbocycles. The molecule has 0 unspecified atom stereocenters. The Morgan fingerprint density at radius 2 is 1.92 bits per heavy atom. The van der Waals surface area contributed by atoms with Gasteiger partial charge in [-0.1, -0.05) is 0 Å². The molecule has 1 fully saturated rings. The van der Waals surface area contributed by atoms with Crippen LogP contribution >= 0.6 is 0 Å². The molecule has 1 saturated carbocycles. The van der Waals surface area contributed by atoms with E-state index in [0.29, 0.717) is 17.1 Å². The maximum Gasteiger partial charge on any atom is 0.323 e. The maximum absolute atomic E-state index is 12.0. The van der Waals surface area contributed by atoms with Crippen molar-refractivity contribution in [2.45, 2.75) is 19.4 Å². The molecular weight excluding hydrogens is 326 g/mol. The number of hydrogen-bond donors (Lipinski definition) is 2. The highest BCUT2D eigenvalue weighted by Gasteiger charge is 2.22. The molecular formula is C16H21N5O2S. The van der Waals surface area contributed by atoms with Gasteiger partial charge in [0.2, 0.25) is 0 Å². The highest BCUT2D eigenvalue weighted by atomic mass is 32.2. The van der Waals surface area contributed by atoms with Crippen LogP contribution < -0.4 is 10.6 Å². The van der Waals surface area contributed by atoms with Gasteiger partial charge in [0.25, 0.3) is 0 Å². The van der Waals surface area contributed by atoms with Crippen molar-refractivity contribution in [1.29, 1.82) is 0 Å². The zero-order valence-corrected chi connectivity index (χ0v) is 14.5. The number of carbonyl (C=O) groups is 1. The van der Waals surface area contributed by atoms with Gasteiger partial charge in [-0.05, 0) is 43.0 Å². The Kier molecular flexibility index (Phi) is 4.57. The van der Waals surface area contributed by atoms with Crippen LogP contribution in [0.3, 0.4) is 0 Å². The molecule has 1 heterocycles. The van der Waals surface area contributed by atoms with E-state index in [2.05, 4.69) is 20.1 Å². The molecule has 0 radical (unpaired) electrons. The number of benzene rings is 1. The second-order valence-electron chi connectivity index (χ2n) is 6.29. The molecule has 0 atom stereocenters. The smallest absolute Gasteiger partial charge is 0.308 e. The first-order valence-electron chi connectivity index (χ1n) is 7.75. The Balaban J connectivity index is 1.56. The van der Waals surface area contributed by atoms with Crippen LogP contribution in [0.5, 0.6) is 0 Å². The molecule has 24 heavy (non-hydrogen) atoms. The third-order valence-corrected chi connectivity index (χ3v) is 4.13. The van der Waals surface area contributed by atoms with E-state index in [4.69, 9.17) is 0 Å². The van der Waals surface area contributed by atoms with E-state index in [1.807, 2.05) is 10.9 Å². The molecule has 1 aromatic carbocycles. The highest BCUT2D eigenvalue weighted by molar-refractivity contribution is 7.92. The summed E-state index contributed by atoms with van der Waals surface area (Å²) >= 11 is 0. The van der Waals surface area contributed by atoms with Crippen molar-refractivity contribution in [2.75, 3.05) is 23.1 Å². The van der Waals surface area contributed by atoms with Crippen LogP contribution in [0.25, 0.3) is 0 Å². The van der Waals surface area contributed by atoms with Crippen molar-refractivity contribution in [3.63, 3.8) is 0 Å². The molecule has 1 aliphatic rings. The minimum absolute atomic E-state index is 0.333. The van der Waals surface area contributed by atoms with Gasteiger partial charge in [-0.3, -0.25) is 4.68 Å². The largest absolute Gasteiger partial charge is 0.323 e. The van der Waals surface area contributed by atoms with Gasteiger partial charge >= 0.3 is 6.03 Å². The van der Waals surface area contributed by atoms with Gasteiger partial charge < -0.3 is 10.6 Å². The first kappa shape index (κ1) is 16.5. The Bertz CT molecular complexity index is 838. The van der Waals surface area contributed by atoms with Crippen LogP contribution in [0, 0.1) is 5.92 Å². The maximum atomic E-state index is 12.0. The summed E-state index contributed by atoms with van der Waals surface area (Å²) in [5, 5.41) is 9.73. The van der Waals surface area contributed by atoms with E-state index < -0.39 is 9.73 Å². The van der Waals surface area contributed by atoms with Gasteiger partial charge in [0.1, 0.15) is 0 Å². The zero-order chi connectivity index (χ0) is 17.2. The van der Waals surface area contributed by atoms with Crippen molar-refractivity contribution in [1.82, 2.24) is 9.78 Å². The third-order valence-electron chi connectivity index (χ3n) is 3.48. The van der Waals surface area contributed by atoms with Crippen molar-refractivity contribution in [2.24, 2.45) is 10.3 Å². The lowest BCUT2D eigenvalue weighted by Crippen LogP contribution is -2.19. The van der Waals surface area contributed by atoms with Gasteiger partial charge in [0.15, 0.2) is 0 Å². The summed E-state index contributed by atoms with van der Waals surface area (Å²) in [4.78, 5) is 12.0. The van der Waals surface area contributed by atoms with Gasteiger partial charge in [0, 0.05) is 40.7 Å². The number of anilines is 2. The first-order valence-corrected chi connectivity index (χ1v) is 10.1. The molecule has 8 heteroatoms. The fourth-order valence-corrected chi connectivity index (χ4v) is 2.88. The Morgan fingerprint density at radius 1 is 1.25 bits per heavy atom. The molecule has 2 N–H and O–H groups in total. The van der Waals surface area contributed by atoms with Gasteiger partial charge in [-0.15, -0.1) is 0 Å². The number of amides is 2. The molecule has 2 aromatic rings. The monoisotopic (exact) mass is 347 g/mol. The molecule has 3 rings (SSSR count). The fourth-order valence-electron chi connectivity index (χ4n) is 2.25. The quantitative estimate of drug-likeness (QED) is 0.870. The highest BCUT2D eigenvalue weighted by Crippen LogP contribution is 2.30. The normalized spacial score (nSPS) is 14.2. The van der Waals surface area contributed by atoms with Crippen molar-refractivity contribution < 1.29 is 9.00 Å². The van der Waals surface area contributed by atoms with Crippen LogP contribution in [-0.2, 0) is 16.3 Å². The van der Waals surface area contributed by atoms with Crippen LogP contribution in [0.15, 0.2) is 41.0 Å². The van der Waals surface area contributed by atoms with Crippen molar-refractivity contribution in [3.8, 4) is 0 Å². The number of nitrogens with one attached hydrogen (secondary N) is 2. The van der Waals surface area contributed by atoms with E-state index in [1.165, 1.54) is 12.8 Å². The average Bonchev–Trinajstić information content (AvgIpc) is 3.19. The van der Waals surface area contributed by atoms with Crippen LogP contribution in [0.4, 0.5) is 21.9 Å². The summed E-state index contributed by atoms with van der Waals surface area (Å²) in [6.45, 7) is 0.909. The lowest BCUT2D eigenvalue weighted by molar-refractivity contribution is 0.262. The number of carbonyl (C=O) groups excluding carboxylic acids is 1. The van der Waals surface area contributed by atoms with E-state index >= 15 is 0 Å². The summed E-state index contributed by atoms with van der Waals surface area (Å²) < 4.78 is 17.6. The third kappa shape index (κ3) is 5.09. The lowest BCUT2D eigenvalue weighted by Gasteiger charge is -2.06. The van der Waals surface area contributed by atoms with Gasteiger partial charge in [-0.25, -0.2) is 9.00 Å². The van der Waals surface area contributed by atoms with Gasteiger partial charge in [0.05, 0.1) is 17.6 Å². The SMILES string of the molecule is CS(C)(=O)=Nc1ccc(NC(=O)Nc2cnn(CC3CC3)c2)cc1. The fraction of sp³-hybridized carbons (Fsp3) is 0.375. The van der Waals surface area contributed by atoms with Gasteiger partial charge in [-0.2, -0.15) is 9.46 Å². The number of hydrogen-bond acceptors (Lipinski definition) is 4. The second-order valence-corrected chi connectivity index (χ2v) is 8.84. The molecule has 7 nitrogen and oxygen atoms in total. The minimum atomic E-state index is -2.19. The molecule has 0 saturated heterocycles. The molecule has 0 aliphatic heterocycles. The molecule has 2 amide bonds. The number of rotatable bonds is 5. The summed E-state index contributed by atoms with van der Waals surface area (Å²) in [5.74, 6) is 0.733. The minimum Gasteiger partial charge on any atom is -0.308 e. The van der Waals surface area contributed by atoms with E-state index in [0.717, 1.165) is 12.5 Å². The summed E-state index contributed by atoms with van der Waals surface area (Å²) in [7, 11) is -2.19. The average molecular weight is 347 g/mol. The van der Waals surface area contributed by atoms with E-state index in [-0.39, 0.29) is 6.03 Å². The Hall–Kier alpha value is -2.35. The second kappa shape index (κ2) is 6.64. The van der Waals surface area contributed by atoms with Crippen LogP contribution in [0.2, 0.25) is 0 Å². The molecule has 128 valence electrons. The summed E-state index contributed by atoms with van der Waals surface area (Å²) in [5.41, 5.74) is 1.92. The number of urea groups is 1. The molecule has 1 aromatic heterocycles. The summed E-state index contributed by atoms with van der Waals surface area (Å²) in [6, 6.07) is 6.55. The first-order chi connectivity index (χ1) is 11.4. The zero-order valence-electron chi connectivity index (χ0n) is 13.7. The molecule has 0 bridgehead atoms. The summed E-state index contributed by atoms with van der Waals surface area (Å²) in [6.07, 6.45) is 9.15. The van der Waals surface area contributed by atoms with Crippen molar-refractivity contribution in [3.05, 3.63) is 36.7 Å². The van der Waals surface area contributed by atoms with Crippen LogP contribution in [-0.4, -0.2) is 32.5 Å². The van der Waals surface area contributed by atoms with Crippen molar-refractivity contribution >= 4 is 32.8 Å². The Morgan fingerprint density at radius 3 is 2.54 bits per heavy atom. The standard InChI is InChI=1S/C16H21N5O2S/c1-24(2,23)20-14-7-5-13(6-8-14)18-16(22)19-15-9-17-21(11-15)10-12-3-4-12/h5-9,11-12H,3-4,10H2,1-2H3,(H2,18,19,22). The lowest BCUT2D eigenvalue weighted by atomic mass is 10.3. The molecule has 0 spiro atoms. The number of nitrogens with zero attached hydrogens (tertiary/aromatic N) is 3. The topological polar surface area (TPSA) is 88.4 Å². The predicted octanol–water partition coefficient (Wildman–Crippen LogP) is 3.30. The van der Waals surface area contributed by atoms with Crippen LogP contribution in [0.1, 0.15) is 12.8 Å². The Labute approximate surface area is 141 Å². The number of aromatic nitrogens is 2.